The first-order valence-electron chi connectivity index (χ1n) is 10.8. The Kier molecular flexibility index (Phi) is 9.12. The van der Waals surface area contributed by atoms with E-state index < -0.39 is 9.84 Å². The Morgan fingerprint density at radius 1 is 1.17 bits per heavy atom. The minimum atomic E-state index is -3.35. The van der Waals surface area contributed by atoms with E-state index in [9.17, 15) is 8.42 Å². The van der Waals surface area contributed by atoms with Gasteiger partial charge in [0.2, 0.25) is 0 Å². The summed E-state index contributed by atoms with van der Waals surface area (Å²) in [5.74, 6) is 0.668. The van der Waals surface area contributed by atoms with Gasteiger partial charge in [-0.15, -0.1) is 0 Å². The van der Waals surface area contributed by atoms with E-state index in [0.717, 1.165) is 38.4 Å². The molecule has 7 nitrogen and oxygen atoms in total. The fraction of sp³-hybridized carbons (Fsp3) is 0.682. The average Bonchev–Trinajstić information content (AvgIpc) is 2.71. The lowest BCUT2D eigenvalue weighted by atomic mass is 9.87. The third kappa shape index (κ3) is 7.56. The van der Waals surface area contributed by atoms with Gasteiger partial charge in [-0.1, -0.05) is 32.9 Å². The molecule has 1 aliphatic heterocycles. The van der Waals surface area contributed by atoms with Gasteiger partial charge in [0.1, 0.15) is 0 Å². The third-order valence-corrected chi connectivity index (χ3v) is 7.00. The minimum absolute atomic E-state index is 0.000602. The monoisotopic (exact) mass is 438 g/mol. The fourth-order valence-corrected chi connectivity index (χ4v) is 4.44. The molecule has 170 valence electrons. The molecule has 0 bridgehead atoms. The molecule has 1 atom stereocenters. The second-order valence-electron chi connectivity index (χ2n) is 8.74. The van der Waals surface area contributed by atoms with Crippen LogP contribution in [0.3, 0.4) is 0 Å². The van der Waals surface area contributed by atoms with Crippen molar-refractivity contribution < 1.29 is 13.2 Å². The van der Waals surface area contributed by atoms with Crippen molar-refractivity contribution in [1.82, 2.24) is 15.5 Å². The average molecular weight is 439 g/mol. The van der Waals surface area contributed by atoms with E-state index in [4.69, 9.17) is 4.74 Å². The van der Waals surface area contributed by atoms with Crippen molar-refractivity contribution in [3.8, 4) is 0 Å². The summed E-state index contributed by atoms with van der Waals surface area (Å²) in [6.45, 7) is 15.5. The van der Waals surface area contributed by atoms with Crippen LogP contribution in [0.5, 0.6) is 0 Å². The zero-order valence-corrected chi connectivity index (χ0v) is 19.9. The molecule has 0 radical (unpaired) electrons. The first-order chi connectivity index (χ1) is 14.1. The van der Waals surface area contributed by atoms with Crippen LogP contribution in [0, 0.1) is 0 Å². The molecule has 0 aromatic heterocycles. The number of ether oxygens (including phenoxy) is 1. The number of benzene rings is 1. The van der Waals surface area contributed by atoms with Gasteiger partial charge in [-0.2, -0.15) is 0 Å². The molecular weight excluding hydrogens is 400 g/mol. The Bertz CT molecular complexity index is 780. The third-order valence-electron chi connectivity index (χ3n) is 5.27. The maximum Gasteiger partial charge on any atom is 0.191 e. The van der Waals surface area contributed by atoms with E-state index in [1.807, 2.05) is 19.1 Å². The number of guanidine groups is 1. The molecule has 8 heteroatoms. The van der Waals surface area contributed by atoms with Crippen LogP contribution < -0.4 is 10.6 Å². The zero-order chi connectivity index (χ0) is 22.2. The molecule has 0 aliphatic carbocycles. The Labute approximate surface area is 182 Å². The van der Waals surface area contributed by atoms with E-state index in [-0.39, 0.29) is 11.2 Å². The summed E-state index contributed by atoms with van der Waals surface area (Å²) in [6.07, 6.45) is 0. The molecular formula is C22H38N4O3S. The molecule has 1 saturated heterocycles. The van der Waals surface area contributed by atoms with Gasteiger partial charge in [0, 0.05) is 32.2 Å². The number of sulfone groups is 1. The Hall–Kier alpha value is -1.64. The van der Waals surface area contributed by atoms with Crippen LogP contribution in [0.2, 0.25) is 0 Å². The Morgan fingerprint density at radius 2 is 1.80 bits per heavy atom. The quantitative estimate of drug-likeness (QED) is 0.477. The van der Waals surface area contributed by atoms with Gasteiger partial charge in [0.05, 0.1) is 30.4 Å². The second-order valence-corrected chi connectivity index (χ2v) is 10.8. The smallest absolute Gasteiger partial charge is 0.191 e. The lowest BCUT2D eigenvalue weighted by Crippen LogP contribution is -2.45. The summed E-state index contributed by atoms with van der Waals surface area (Å²) >= 11 is 0. The lowest BCUT2D eigenvalue weighted by Gasteiger charge is -2.31. The molecule has 1 aromatic carbocycles. The molecule has 0 spiro atoms. The van der Waals surface area contributed by atoms with E-state index in [1.54, 1.807) is 12.1 Å². The van der Waals surface area contributed by atoms with Gasteiger partial charge in [-0.25, -0.2) is 8.42 Å². The van der Waals surface area contributed by atoms with E-state index in [2.05, 4.69) is 48.2 Å². The standard InChI is InChI=1S/C22H38N4O3S/c1-6-23-21(25-17-18(2)26-12-14-29-15-13-26)24-11-16-30(27,28)20-9-7-19(8-10-20)22(3,4)5/h7-10,18H,6,11-17H2,1-5H3,(H2,23,24,25). The SMILES string of the molecule is CCNC(=NCC(C)N1CCOCC1)NCCS(=O)(=O)c1ccc(C(C)(C)C)cc1. The van der Waals surface area contributed by atoms with Crippen molar-refractivity contribution in [1.29, 1.82) is 0 Å². The van der Waals surface area contributed by atoms with Crippen LogP contribution in [0.25, 0.3) is 0 Å². The fourth-order valence-electron chi connectivity index (χ4n) is 3.28. The van der Waals surface area contributed by atoms with E-state index in [0.29, 0.717) is 30.0 Å². The van der Waals surface area contributed by atoms with Gasteiger partial charge in [0.15, 0.2) is 15.8 Å². The molecule has 2 N–H and O–H groups in total. The number of morpholine rings is 1. The number of hydrogen-bond donors (Lipinski definition) is 2. The molecule has 2 rings (SSSR count). The highest BCUT2D eigenvalue weighted by Gasteiger charge is 2.19. The molecule has 30 heavy (non-hydrogen) atoms. The number of nitrogens with zero attached hydrogens (tertiary/aromatic N) is 2. The maximum atomic E-state index is 12.7. The van der Waals surface area contributed by atoms with Gasteiger partial charge >= 0.3 is 0 Å². The molecule has 1 aliphatic rings. The molecule has 1 unspecified atom stereocenters. The van der Waals surface area contributed by atoms with Crippen LogP contribution in [0.15, 0.2) is 34.2 Å². The van der Waals surface area contributed by atoms with Crippen molar-refractivity contribution in [3.05, 3.63) is 29.8 Å². The summed E-state index contributed by atoms with van der Waals surface area (Å²) in [4.78, 5) is 7.36. The summed E-state index contributed by atoms with van der Waals surface area (Å²) in [6, 6.07) is 7.53. The Balaban J connectivity index is 1.90. The number of hydrogen-bond acceptors (Lipinski definition) is 5. The second kappa shape index (κ2) is 11.1. The van der Waals surface area contributed by atoms with Crippen LogP contribution in [0.4, 0.5) is 0 Å². The predicted octanol–water partition coefficient (Wildman–Crippen LogP) is 2.03. The van der Waals surface area contributed by atoms with Crippen molar-refractivity contribution in [2.24, 2.45) is 4.99 Å². The Morgan fingerprint density at radius 3 is 2.37 bits per heavy atom. The van der Waals surface area contributed by atoms with Crippen molar-refractivity contribution >= 4 is 15.8 Å². The van der Waals surface area contributed by atoms with Gasteiger partial charge in [-0.3, -0.25) is 9.89 Å². The number of nitrogens with one attached hydrogen (secondary N) is 2. The van der Waals surface area contributed by atoms with Crippen LogP contribution >= 0.6 is 0 Å². The molecule has 1 heterocycles. The zero-order valence-electron chi connectivity index (χ0n) is 19.1. The minimum Gasteiger partial charge on any atom is -0.379 e. The molecule has 1 aromatic rings. The lowest BCUT2D eigenvalue weighted by molar-refractivity contribution is 0.0220. The van der Waals surface area contributed by atoms with E-state index in [1.165, 1.54) is 0 Å². The summed E-state index contributed by atoms with van der Waals surface area (Å²) in [5, 5.41) is 6.35. The highest BCUT2D eigenvalue weighted by molar-refractivity contribution is 7.91. The summed E-state index contributed by atoms with van der Waals surface area (Å²) in [7, 11) is -3.35. The first kappa shape index (κ1) is 24.6. The van der Waals surface area contributed by atoms with Gasteiger partial charge < -0.3 is 15.4 Å². The van der Waals surface area contributed by atoms with Crippen LogP contribution in [0.1, 0.15) is 40.2 Å². The van der Waals surface area contributed by atoms with Crippen LogP contribution in [-0.2, 0) is 20.0 Å². The van der Waals surface area contributed by atoms with Crippen molar-refractivity contribution in [3.63, 3.8) is 0 Å². The normalized spacial score (nSPS) is 17.6. The molecule has 1 fully saturated rings. The predicted molar refractivity (Wildman–Crippen MR) is 123 cm³/mol. The van der Waals surface area contributed by atoms with Gasteiger partial charge in [-0.05, 0) is 37.0 Å². The van der Waals surface area contributed by atoms with Crippen molar-refractivity contribution in [2.45, 2.75) is 51.0 Å². The number of rotatable bonds is 8. The van der Waals surface area contributed by atoms with E-state index >= 15 is 0 Å². The number of aliphatic imine (C=N–C) groups is 1. The van der Waals surface area contributed by atoms with Crippen molar-refractivity contribution in [2.75, 3.05) is 51.7 Å². The summed E-state index contributed by atoms with van der Waals surface area (Å²) in [5.41, 5.74) is 1.12. The van der Waals surface area contributed by atoms with Crippen LogP contribution in [-0.4, -0.2) is 77.0 Å². The molecule has 0 saturated carbocycles. The highest BCUT2D eigenvalue weighted by atomic mass is 32.2. The molecule has 0 amide bonds. The highest BCUT2D eigenvalue weighted by Crippen LogP contribution is 2.23. The topological polar surface area (TPSA) is 83.0 Å². The van der Waals surface area contributed by atoms with Gasteiger partial charge in [0.25, 0.3) is 0 Å². The first-order valence-corrected chi connectivity index (χ1v) is 12.5. The summed E-state index contributed by atoms with van der Waals surface area (Å²) < 4.78 is 30.8. The maximum absolute atomic E-state index is 12.7. The largest absolute Gasteiger partial charge is 0.379 e.